The Morgan fingerprint density at radius 3 is 2.11 bits per heavy atom. The Bertz CT molecular complexity index is 85.7. The van der Waals surface area contributed by atoms with Crippen molar-refractivity contribution in [2.45, 2.75) is 19.4 Å². The van der Waals surface area contributed by atoms with Gasteiger partial charge in [-0.25, -0.2) is 0 Å². The first-order chi connectivity index (χ1) is 3.18. The summed E-state index contributed by atoms with van der Waals surface area (Å²) < 4.78 is 0. The minimum Gasteiger partial charge on any atom is -1.00 e. The van der Waals surface area contributed by atoms with Crippen LogP contribution in [0.2, 0.25) is 0 Å². The average Bonchev–Trinajstić information content (AvgIpc) is 1.65. The van der Waals surface area contributed by atoms with Gasteiger partial charge in [0, 0.05) is 0 Å². The molecule has 0 saturated heterocycles. The minimum atomic E-state index is -0.458. The molecule has 0 heterocycles. The minimum absolute atomic E-state index is 0. The third kappa shape index (κ3) is 8.72. The van der Waals surface area contributed by atoms with Crippen LogP contribution in [0.25, 0.3) is 0 Å². The molecule has 5 heteroatoms. The van der Waals surface area contributed by atoms with Gasteiger partial charge in [-0.05, 0) is 6.42 Å². The van der Waals surface area contributed by atoms with E-state index in [1.54, 1.807) is 0 Å². The van der Waals surface area contributed by atoms with Crippen LogP contribution in [0.5, 0.6) is 0 Å². The number of carbonyl (C=O) groups excluding carboxylic acids is 1. The van der Waals surface area contributed by atoms with Gasteiger partial charge in [-0.1, -0.05) is 6.92 Å². The largest absolute Gasteiger partial charge is 1.00 e. The van der Waals surface area contributed by atoms with E-state index in [4.69, 9.17) is 11.5 Å². The summed E-state index contributed by atoms with van der Waals surface area (Å²) in [7, 11) is 0. The fourth-order valence-electron chi connectivity index (χ4n) is 0.201. The maximum Gasteiger partial charge on any atom is 1.00 e. The summed E-state index contributed by atoms with van der Waals surface area (Å²) in [5.74, 6) is -0.428. The summed E-state index contributed by atoms with van der Waals surface area (Å²) in [5, 5.41) is 0. The van der Waals surface area contributed by atoms with Crippen molar-refractivity contribution in [3.05, 3.63) is 0 Å². The van der Waals surface area contributed by atoms with E-state index < -0.39 is 11.9 Å². The van der Waals surface area contributed by atoms with E-state index in [0.29, 0.717) is 6.42 Å². The Labute approximate surface area is 84.7 Å². The van der Waals surface area contributed by atoms with Gasteiger partial charge in [0.15, 0.2) is 0 Å². The normalized spacial score (nSPS) is 10.4. The molecule has 1 unspecified atom stereocenters. The average molecular weight is 163 g/mol. The molecule has 0 aromatic carbocycles. The first kappa shape index (κ1) is 16.4. The summed E-state index contributed by atoms with van der Waals surface area (Å²) >= 11 is 0. The van der Waals surface area contributed by atoms with Crippen molar-refractivity contribution >= 4 is 18.3 Å². The zero-order chi connectivity index (χ0) is 5.86. The van der Waals surface area contributed by atoms with E-state index in [-0.39, 0.29) is 43.4 Å². The van der Waals surface area contributed by atoms with Crippen LogP contribution in [0.4, 0.5) is 0 Å². The van der Waals surface area contributed by atoms with Crippen molar-refractivity contribution in [1.29, 1.82) is 0 Å². The van der Waals surface area contributed by atoms with Gasteiger partial charge in [0.2, 0.25) is 5.91 Å². The number of hydrogen-bond acceptors (Lipinski definition) is 2. The zero-order valence-corrected chi connectivity index (χ0v) is 8.57. The summed E-state index contributed by atoms with van der Waals surface area (Å²) in [5.41, 5.74) is 9.92. The summed E-state index contributed by atoms with van der Waals surface area (Å²) in [6.07, 6.45) is 0.620. The Kier molecular flexibility index (Phi) is 15.9. The van der Waals surface area contributed by atoms with Crippen LogP contribution in [0.3, 0.4) is 0 Å². The fraction of sp³-hybridized carbons (Fsp3) is 0.750. The van der Waals surface area contributed by atoms with Crippen molar-refractivity contribution in [1.82, 2.24) is 0 Å². The van der Waals surface area contributed by atoms with Crippen molar-refractivity contribution in [2.75, 3.05) is 0 Å². The molecule has 0 spiro atoms. The molecule has 0 bridgehead atoms. The van der Waals surface area contributed by atoms with Crippen LogP contribution < -0.4 is 41.0 Å². The summed E-state index contributed by atoms with van der Waals surface area (Å²) in [6, 6.07) is -0.458. The van der Waals surface area contributed by atoms with Crippen LogP contribution in [0.1, 0.15) is 14.8 Å². The second kappa shape index (κ2) is 8.72. The summed E-state index contributed by atoms with van der Waals surface area (Å²) in [4.78, 5) is 10.0. The van der Waals surface area contributed by atoms with Gasteiger partial charge in [0.1, 0.15) is 0 Å². The first-order valence-corrected chi connectivity index (χ1v) is 2.23. The van der Waals surface area contributed by atoms with E-state index >= 15 is 0 Å². The van der Waals surface area contributed by atoms with Gasteiger partial charge >= 0.3 is 29.6 Å². The van der Waals surface area contributed by atoms with Gasteiger partial charge in [-0.2, -0.15) is 0 Å². The molecule has 4 N–H and O–H groups in total. The van der Waals surface area contributed by atoms with Crippen molar-refractivity contribution in [3.8, 4) is 0 Å². The van der Waals surface area contributed by atoms with E-state index in [1.165, 1.54) is 0 Å². The maximum atomic E-state index is 10.0. The maximum absolute atomic E-state index is 10.0. The number of primary amides is 1. The molecule has 0 aromatic rings. The quantitative estimate of drug-likeness (QED) is 0.419. The van der Waals surface area contributed by atoms with E-state index in [9.17, 15) is 4.79 Å². The van der Waals surface area contributed by atoms with Gasteiger partial charge in [-0.15, -0.1) is 12.4 Å². The number of rotatable bonds is 2. The molecule has 0 aromatic heterocycles. The van der Waals surface area contributed by atoms with Crippen molar-refractivity contribution < 1.29 is 35.8 Å². The number of halogens is 1. The second-order valence-electron chi connectivity index (χ2n) is 1.42. The molecule has 1 amide bonds. The molecule has 52 valence electrons. The first-order valence-electron chi connectivity index (χ1n) is 2.23. The van der Waals surface area contributed by atoms with Gasteiger partial charge < -0.3 is 12.9 Å². The Balaban J connectivity index is -0.0000000600. The molecule has 0 saturated carbocycles. The van der Waals surface area contributed by atoms with Gasteiger partial charge in [0.05, 0.1) is 6.04 Å². The Morgan fingerprint density at radius 2 is 2.11 bits per heavy atom. The Morgan fingerprint density at radius 1 is 1.78 bits per heavy atom. The van der Waals surface area contributed by atoms with E-state index in [1.807, 2.05) is 6.92 Å². The molecule has 0 aliphatic carbocycles. The third-order valence-corrected chi connectivity index (χ3v) is 0.805. The molecule has 3 nitrogen and oxygen atoms in total. The van der Waals surface area contributed by atoms with Crippen LogP contribution in [-0.2, 0) is 4.79 Å². The number of hydrogen-bond donors (Lipinski definition) is 2. The molecular weight excluding hydrogens is 150 g/mol. The molecule has 0 radical (unpaired) electrons. The standard InChI is InChI=1S/C4H10N2O.ClH.Na.H/c1-2-3(5)4(6)7;;;/h3H,2,5H2,1H3,(H2,6,7);1H;;/q;;+1;-1. The van der Waals surface area contributed by atoms with Gasteiger partial charge in [0.25, 0.3) is 0 Å². The molecule has 0 aliphatic rings. The smallest absolute Gasteiger partial charge is 1.00 e. The number of amides is 1. The second-order valence-corrected chi connectivity index (χ2v) is 1.42. The predicted molar refractivity (Wildman–Crippen MR) is 35.8 cm³/mol. The SMILES string of the molecule is CCC(N)C(N)=O.Cl.[H-].[Na+]. The fourth-order valence-corrected chi connectivity index (χ4v) is 0.201. The van der Waals surface area contributed by atoms with Crippen molar-refractivity contribution in [2.24, 2.45) is 11.5 Å². The molecule has 1 atom stereocenters. The monoisotopic (exact) mass is 162 g/mol. The predicted octanol–water partition coefficient (Wildman–Crippen LogP) is -3.25. The molecule has 0 rings (SSSR count). The molecule has 9 heavy (non-hydrogen) atoms. The molecule has 0 aliphatic heterocycles. The van der Waals surface area contributed by atoms with E-state index in [0.717, 1.165) is 0 Å². The van der Waals surface area contributed by atoms with Crippen LogP contribution in [-0.4, -0.2) is 11.9 Å². The van der Waals surface area contributed by atoms with Crippen LogP contribution >= 0.6 is 12.4 Å². The molecular formula is C4H12ClN2NaO. The zero-order valence-electron chi connectivity index (χ0n) is 6.76. The van der Waals surface area contributed by atoms with E-state index in [2.05, 4.69) is 0 Å². The van der Waals surface area contributed by atoms with Crippen LogP contribution in [0, 0.1) is 0 Å². The number of nitrogens with two attached hydrogens (primary N) is 2. The van der Waals surface area contributed by atoms with Gasteiger partial charge in [-0.3, -0.25) is 4.79 Å². The topological polar surface area (TPSA) is 69.1 Å². The van der Waals surface area contributed by atoms with Crippen LogP contribution in [0.15, 0.2) is 0 Å². The molecule has 0 fully saturated rings. The van der Waals surface area contributed by atoms with Crippen molar-refractivity contribution in [3.63, 3.8) is 0 Å². The number of carbonyl (C=O) groups is 1. The Hall–Kier alpha value is 0.720. The summed E-state index contributed by atoms with van der Waals surface area (Å²) in [6.45, 7) is 1.81. The third-order valence-electron chi connectivity index (χ3n) is 0.805.